The molecule has 1 aromatic rings. The number of carbonyl (C=O) groups is 4. The van der Waals surface area contributed by atoms with Crippen molar-refractivity contribution in [3.8, 4) is 0 Å². The van der Waals surface area contributed by atoms with Crippen LogP contribution in [0.3, 0.4) is 0 Å². The Hall–Kier alpha value is -3.01. The summed E-state index contributed by atoms with van der Waals surface area (Å²) in [4.78, 5) is 45.3. The van der Waals surface area contributed by atoms with Crippen LogP contribution in [0.25, 0.3) is 0 Å². The normalized spacial score (nSPS) is 23.8. The number of hydrogen-bond acceptors (Lipinski definition) is 13. The number of carboxylic acid groups (broad SMARTS) is 1. The van der Waals surface area contributed by atoms with E-state index >= 15 is 0 Å². The van der Waals surface area contributed by atoms with Gasteiger partial charge in [0.1, 0.15) is 6.61 Å². The van der Waals surface area contributed by atoms with Crippen molar-refractivity contribution in [2.45, 2.75) is 88.6 Å². The van der Waals surface area contributed by atoms with Crippen LogP contribution in [0.5, 0.6) is 0 Å². The Balaban J connectivity index is 0.000000280. The number of esters is 2. The molecular weight excluding hydrogens is 662 g/mol. The van der Waals surface area contributed by atoms with Crippen molar-refractivity contribution in [1.82, 2.24) is 5.32 Å². The number of ether oxygens (including phenoxy) is 7. The van der Waals surface area contributed by atoms with Crippen LogP contribution in [0.1, 0.15) is 63.9 Å². The van der Waals surface area contributed by atoms with Crippen LogP contribution in [0.15, 0.2) is 30.3 Å². The summed E-state index contributed by atoms with van der Waals surface area (Å²) in [6.07, 6.45) is 4.55. The molecule has 1 unspecified atom stereocenters. The molecule has 5 atom stereocenters. The first kappa shape index (κ1) is 42.2. The third kappa shape index (κ3) is 14.0. The summed E-state index contributed by atoms with van der Waals surface area (Å²) < 4.78 is 45.8. The number of unbranched alkanes of at least 4 members (excludes halogenated alkanes) is 2. The molecule has 2 aliphatic heterocycles. The van der Waals surface area contributed by atoms with Crippen LogP contribution in [0.2, 0.25) is 0 Å². The standard InChI is InChI=1S/C17H21NO6.C9H15NO4.C6H12O2.BH2OP/c1-21-15(19)13-9-17(23-7-8-24-17)10-14(13)18-16(20)22-11-12-5-3-2-4-6-12;1-12-8(11)6-4-9(5-7(6)10)13-2-3-14-9;1-2-3-4-5-6(7)8;2-1-3/h2-6,13-14H,7-11H2,1H3,(H,18,20);6-7H,2-5,10H2,1H3;2-5H2,1H3,(H,7,8);3H2/t13-,14+;6-,7+;;/m00../s1. The number of carboxylic acids is 1. The molecule has 1 amide bonds. The van der Waals surface area contributed by atoms with Gasteiger partial charge in [0.05, 0.1) is 58.5 Å². The Kier molecular flexibility index (Phi) is 18.9. The molecule has 274 valence electrons. The van der Waals surface area contributed by atoms with Gasteiger partial charge in [-0.3, -0.25) is 14.4 Å². The predicted octanol–water partition coefficient (Wildman–Crippen LogP) is 2.72. The number of alkyl carbamates (subject to hydrolysis) is 1. The van der Waals surface area contributed by atoms with Crippen molar-refractivity contribution in [2.24, 2.45) is 17.6 Å². The van der Waals surface area contributed by atoms with E-state index in [-0.39, 0.29) is 30.5 Å². The summed E-state index contributed by atoms with van der Waals surface area (Å²) in [5, 5.41) is 10.9. The number of hydrogen-bond donors (Lipinski definition) is 3. The second kappa shape index (κ2) is 21.9. The van der Waals surface area contributed by atoms with Gasteiger partial charge in [-0.2, -0.15) is 0 Å². The van der Waals surface area contributed by atoms with Crippen LogP contribution in [-0.2, 0) is 58.9 Å². The van der Waals surface area contributed by atoms with Gasteiger partial charge in [-0.05, 0) is 12.0 Å². The van der Waals surface area contributed by atoms with Crippen molar-refractivity contribution < 1.29 is 62.1 Å². The number of amides is 1. The van der Waals surface area contributed by atoms with Crippen LogP contribution >= 0.6 is 9.12 Å². The van der Waals surface area contributed by atoms with Gasteiger partial charge in [0.25, 0.3) is 0 Å². The van der Waals surface area contributed by atoms with Crippen molar-refractivity contribution in [3.05, 3.63) is 35.9 Å². The van der Waals surface area contributed by atoms with E-state index < -0.39 is 35.6 Å². The molecule has 2 spiro atoms. The Morgan fingerprint density at radius 3 is 1.92 bits per heavy atom. The van der Waals surface area contributed by atoms with Gasteiger partial charge in [0, 0.05) is 38.1 Å². The molecule has 15 nitrogen and oxygen atoms in total. The van der Waals surface area contributed by atoms with Gasteiger partial charge < -0.3 is 49.3 Å². The Morgan fingerprint density at radius 2 is 1.41 bits per heavy atom. The van der Waals surface area contributed by atoms with E-state index in [0.717, 1.165) is 24.8 Å². The van der Waals surface area contributed by atoms with Crippen LogP contribution in [0, 0.1) is 11.8 Å². The topological polar surface area (TPSA) is 208 Å². The van der Waals surface area contributed by atoms with E-state index in [1.165, 1.54) is 14.2 Å². The van der Waals surface area contributed by atoms with Gasteiger partial charge in [0.2, 0.25) is 0 Å². The molecule has 1 aromatic carbocycles. The molecule has 4 N–H and O–H groups in total. The number of carbonyl (C=O) groups excluding carboxylic acids is 3. The average molecular weight is 713 g/mol. The summed E-state index contributed by atoms with van der Waals surface area (Å²) in [7, 11) is 4.60. The Bertz CT molecular complexity index is 1180. The number of rotatable bonds is 9. The van der Waals surface area contributed by atoms with Crippen molar-refractivity contribution >= 4 is 40.0 Å². The van der Waals surface area contributed by atoms with Crippen molar-refractivity contribution in [1.29, 1.82) is 0 Å². The van der Waals surface area contributed by atoms with E-state index in [9.17, 15) is 19.2 Å². The quantitative estimate of drug-likeness (QED) is 0.111. The number of nitrogens with one attached hydrogen (secondary N) is 1. The number of nitrogens with two attached hydrogens (primary N) is 1. The maximum absolute atomic E-state index is 12.1. The molecule has 2 saturated carbocycles. The van der Waals surface area contributed by atoms with Crippen molar-refractivity contribution in [2.75, 3.05) is 40.6 Å². The first-order valence-electron chi connectivity index (χ1n) is 16.3. The first-order chi connectivity index (χ1) is 23.5. The molecule has 49 heavy (non-hydrogen) atoms. The fourth-order valence-electron chi connectivity index (χ4n) is 5.98. The zero-order valence-electron chi connectivity index (χ0n) is 28.5. The molecule has 0 radical (unpaired) electrons. The molecule has 5 rings (SSSR count). The van der Waals surface area contributed by atoms with Crippen LogP contribution < -0.4 is 11.1 Å². The molecule has 2 saturated heterocycles. The van der Waals surface area contributed by atoms with E-state index in [4.69, 9.17) is 44.0 Å². The second-order valence-electron chi connectivity index (χ2n) is 11.8. The molecular formula is C32H50BN2O13P. The van der Waals surface area contributed by atoms with E-state index in [0.29, 0.717) is 65.4 Å². The third-order valence-corrected chi connectivity index (χ3v) is 8.29. The summed E-state index contributed by atoms with van der Waals surface area (Å²) in [5.41, 5.74) is 6.74. The van der Waals surface area contributed by atoms with Gasteiger partial charge in [-0.1, -0.05) is 50.1 Å². The van der Waals surface area contributed by atoms with Gasteiger partial charge in [-0.25, -0.2) is 4.79 Å². The number of benzene rings is 1. The third-order valence-electron chi connectivity index (χ3n) is 8.29. The summed E-state index contributed by atoms with van der Waals surface area (Å²) in [6.45, 7) is 5.03. The monoisotopic (exact) mass is 712 g/mol. The zero-order valence-corrected chi connectivity index (χ0v) is 29.6. The second-order valence-corrected chi connectivity index (χ2v) is 12.0. The molecule has 2 aliphatic carbocycles. The fourth-order valence-corrected chi connectivity index (χ4v) is 5.98. The average Bonchev–Trinajstić information content (AvgIpc) is 3.89. The van der Waals surface area contributed by atoms with Gasteiger partial charge >= 0.3 is 44.7 Å². The summed E-state index contributed by atoms with van der Waals surface area (Å²) >= 11 is 0. The van der Waals surface area contributed by atoms with Gasteiger partial charge in [0.15, 0.2) is 11.6 Å². The first-order valence-corrected chi connectivity index (χ1v) is 17.0. The number of methoxy groups -OCH3 is 2. The molecule has 0 bridgehead atoms. The minimum atomic E-state index is -0.809. The molecule has 0 aromatic heterocycles. The minimum absolute atomic E-state index is 0.167. The van der Waals surface area contributed by atoms with E-state index in [2.05, 4.69) is 17.0 Å². The summed E-state index contributed by atoms with van der Waals surface area (Å²) in [5.74, 6) is -3.57. The van der Waals surface area contributed by atoms with Crippen LogP contribution in [0.4, 0.5) is 4.79 Å². The fraction of sp³-hybridized carbons (Fsp3) is 0.688. The molecule has 17 heteroatoms. The number of aliphatic carboxylic acids is 1. The van der Waals surface area contributed by atoms with E-state index in [1.807, 2.05) is 39.5 Å². The zero-order chi connectivity index (χ0) is 36.3. The molecule has 4 fully saturated rings. The van der Waals surface area contributed by atoms with E-state index in [1.54, 1.807) is 0 Å². The molecule has 2 heterocycles. The predicted molar refractivity (Wildman–Crippen MR) is 178 cm³/mol. The SMILES string of the molecule is CCCCCC(=O)O.COC(=O)[C@H]1CC2(C[C@H]1N)OCCO2.COC(=O)[C@H]1CC2(C[C@H]1NC(=O)OCc1ccccc1)OCCO2.O=BP. The maximum atomic E-state index is 12.1. The van der Waals surface area contributed by atoms with Gasteiger partial charge in [-0.15, -0.1) is 0 Å². The Morgan fingerprint density at radius 1 is 0.898 bits per heavy atom. The molecule has 4 aliphatic rings. The Labute approximate surface area is 289 Å². The van der Waals surface area contributed by atoms with Crippen molar-refractivity contribution in [3.63, 3.8) is 0 Å². The van der Waals surface area contributed by atoms with Crippen LogP contribution in [-0.4, -0.2) is 100 Å². The summed E-state index contributed by atoms with van der Waals surface area (Å²) in [6, 6.07) is 8.72.